The number of anilines is 1. The monoisotopic (exact) mass is 508 g/mol. The predicted molar refractivity (Wildman–Crippen MR) is 128 cm³/mol. The van der Waals surface area contributed by atoms with E-state index in [0.717, 1.165) is 30.6 Å². The summed E-state index contributed by atoms with van der Waals surface area (Å²) in [6.45, 7) is 6.19. The number of hydrogen-bond donors (Lipinski definition) is 1. The van der Waals surface area contributed by atoms with Crippen molar-refractivity contribution < 1.29 is 32.3 Å². The molecule has 0 atom stereocenters. The first-order valence-electron chi connectivity index (χ1n) is 11.1. The van der Waals surface area contributed by atoms with Crippen LogP contribution in [0.1, 0.15) is 69.1 Å². The van der Waals surface area contributed by atoms with Crippen molar-refractivity contribution in [3.63, 3.8) is 0 Å². The number of esters is 2. The van der Waals surface area contributed by atoms with Crippen LogP contribution in [0.2, 0.25) is 0 Å². The van der Waals surface area contributed by atoms with Gasteiger partial charge in [-0.15, -0.1) is 11.3 Å². The first-order chi connectivity index (χ1) is 16.2. The first kappa shape index (κ1) is 25.9. The van der Waals surface area contributed by atoms with E-state index in [-0.39, 0.29) is 39.1 Å². The average Bonchev–Trinajstić information content (AvgIpc) is 3.15. The largest absolute Gasteiger partial charge is 0.462 e. The number of benzene rings is 1. The highest BCUT2D eigenvalue weighted by Crippen LogP contribution is 2.34. The van der Waals surface area contributed by atoms with Crippen molar-refractivity contribution in [2.45, 2.75) is 44.9 Å². The number of piperidine rings is 1. The highest BCUT2D eigenvalue weighted by Gasteiger charge is 2.28. The van der Waals surface area contributed by atoms with Gasteiger partial charge in [-0.1, -0.05) is 6.42 Å². The maximum absolute atomic E-state index is 12.9. The molecule has 1 aromatic heterocycles. The minimum Gasteiger partial charge on any atom is -0.462 e. The molecule has 3 rings (SSSR count). The van der Waals surface area contributed by atoms with Crippen LogP contribution in [0.5, 0.6) is 0 Å². The van der Waals surface area contributed by atoms with Crippen LogP contribution in [0.25, 0.3) is 0 Å². The molecule has 0 bridgehead atoms. The summed E-state index contributed by atoms with van der Waals surface area (Å²) in [5, 5.41) is 2.82. The van der Waals surface area contributed by atoms with Gasteiger partial charge in [0.05, 0.1) is 23.7 Å². The fourth-order valence-electron chi connectivity index (χ4n) is 3.65. The van der Waals surface area contributed by atoms with E-state index in [2.05, 4.69) is 5.32 Å². The number of nitrogens with one attached hydrogen (secondary N) is 1. The molecule has 1 fully saturated rings. The van der Waals surface area contributed by atoms with Crippen molar-refractivity contribution >= 4 is 44.2 Å². The molecule has 1 amide bonds. The summed E-state index contributed by atoms with van der Waals surface area (Å²) in [6.07, 6.45) is 2.67. The van der Waals surface area contributed by atoms with Crippen molar-refractivity contribution in [1.82, 2.24) is 4.31 Å². The van der Waals surface area contributed by atoms with Gasteiger partial charge >= 0.3 is 11.9 Å². The molecule has 1 saturated heterocycles. The lowest BCUT2D eigenvalue weighted by Gasteiger charge is -2.25. The molecule has 2 aromatic rings. The van der Waals surface area contributed by atoms with Crippen LogP contribution < -0.4 is 5.32 Å². The Balaban J connectivity index is 1.85. The standard InChI is InChI=1S/C23H28N2O7S2/c1-4-31-22(27)18-15(3)19(23(28)32-5-2)33-21(18)24-20(26)16-9-11-17(12-10-16)34(29,30)25-13-7-6-8-14-25/h9-12H,4-8,13-14H2,1-3H3,(H,24,26). The topological polar surface area (TPSA) is 119 Å². The third-order valence-electron chi connectivity index (χ3n) is 5.38. The van der Waals surface area contributed by atoms with Gasteiger partial charge in [0, 0.05) is 18.7 Å². The fraction of sp³-hybridized carbons (Fsp3) is 0.435. The molecule has 2 heterocycles. The number of hydrogen-bond acceptors (Lipinski definition) is 8. The molecule has 1 N–H and O–H groups in total. The van der Waals surface area contributed by atoms with E-state index in [1.54, 1.807) is 20.8 Å². The van der Waals surface area contributed by atoms with Crippen molar-refractivity contribution in [3.8, 4) is 0 Å². The highest BCUT2D eigenvalue weighted by molar-refractivity contribution is 7.89. The third kappa shape index (κ3) is 5.48. The Bertz CT molecular complexity index is 1160. The summed E-state index contributed by atoms with van der Waals surface area (Å²) in [6, 6.07) is 5.63. The van der Waals surface area contributed by atoms with E-state index in [1.165, 1.54) is 28.6 Å². The predicted octanol–water partition coefficient (Wildman–Crippen LogP) is 3.84. The van der Waals surface area contributed by atoms with E-state index in [9.17, 15) is 22.8 Å². The lowest BCUT2D eigenvalue weighted by atomic mass is 10.1. The Morgan fingerprint density at radius 2 is 1.56 bits per heavy atom. The Morgan fingerprint density at radius 1 is 0.971 bits per heavy atom. The van der Waals surface area contributed by atoms with Gasteiger partial charge in [-0.3, -0.25) is 4.79 Å². The van der Waals surface area contributed by atoms with Crippen molar-refractivity contribution in [3.05, 3.63) is 45.8 Å². The number of carbonyl (C=O) groups excluding carboxylic acids is 3. The van der Waals surface area contributed by atoms with Gasteiger partial charge < -0.3 is 14.8 Å². The molecule has 1 aromatic carbocycles. The van der Waals surface area contributed by atoms with E-state index < -0.39 is 27.9 Å². The maximum Gasteiger partial charge on any atom is 0.348 e. The summed E-state index contributed by atoms with van der Waals surface area (Å²) >= 11 is 0.928. The number of nitrogens with zero attached hydrogens (tertiary/aromatic N) is 1. The Labute approximate surface area is 203 Å². The normalized spacial score (nSPS) is 14.4. The molecule has 11 heteroatoms. The van der Waals surface area contributed by atoms with Crippen LogP contribution in [-0.4, -0.2) is 56.9 Å². The third-order valence-corrected chi connectivity index (χ3v) is 8.48. The molecule has 0 aliphatic carbocycles. The number of sulfonamides is 1. The molecule has 184 valence electrons. The van der Waals surface area contributed by atoms with Crippen molar-refractivity contribution in [2.24, 2.45) is 0 Å². The Morgan fingerprint density at radius 3 is 2.15 bits per heavy atom. The average molecular weight is 509 g/mol. The van der Waals surface area contributed by atoms with Crippen LogP contribution >= 0.6 is 11.3 Å². The minimum absolute atomic E-state index is 0.0903. The zero-order valence-electron chi connectivity index (χ0n) is 19.4. The molecule has 0 unspecified atom stereocenters. The van der Waals surface area contributed by atoms with Crippen LogP contribution in [0.15, 0.2) is 29.2 Å². The molecule has 1 aliphatic rings. The fourth-order valence-corrected chi connectivity index (χ4v) is 6.25. The molecule has 0 saturated carbocycles. The summed E-state index contributed by atoms with van der Waals surface area (Å²) in [5.74, 6) is -1.81. The van der Waals surface area contributed by atoms with Gasteiger partial charge in [-0.05, 0) is 63.4 Å². The molecular weight excluding hydrogens is 480 g/mol. The van der Waals surface area contributed by atoms with E-state index in [0.29, 0.717) is 18.7 Å². The second-order valence-corrected chi connectivity index (χ2v) is 10.6. The summed E-state index contributed by atoms with van der Waals surface area (Å²) in [5.41, 5.74) is 0.656. The summed E-state index contributed by atoms with van der Waals surface area (Å²) < 4.78 is 37.3. The van der Waals surface area contributed by atoms with Crippen molar-refractivity contribution in [2.75, 3.05) is 31.6 Å². The number of amides is 1. The zero-order chi connectivity index (χ0) is 24.9. The SMILES string of the molecule is CCOC(=O)c1sc(NC(=O)c2ccc(S(=O)(=O)N3CCCCC3)cc2)c(C(=O)OCC)c1C. The number of ether oxygens (including phenoxy) is 2. The minimum atomic E-state index is -3.61. The Hall–Kier alpha value is -2.76. The number of rotatable bonds is 8. The lowest BCUT2D eigenvalue weighted by molar-refractivity contribution is 0.0527. The summed E-state index contributed by atoms with van der Waals surface area (Å²) in [4.78, 5) is 38.0. The molecule has 0 radical (unpaired) electrons. The lowest BCUT2D eigenvalue weighted by Crippen LogP contribution is -2.35. The van der Waals surface area contributed by atoms with Gasteiger partial charge in [-0.25, -0.2) is 18.0 Å². The van der Waals surface area contributed by atoms with Gasteiger partial charge in [0.25, 0.3) is 5.91 Å². The van der Waals surface area contributed by atoms with Crippen LogP contribution in [0.3, 0.4) is 0 Å². The molecule has 34 heavy (non-hydrogen) atoms. The molecule has 0 spiro atoms. The number of thiophene rings is 1. The van der Waals surface area contributed by atoms with E-state index >= 15 is 0 Å². The van der Waals surface area contributed by atoms with Crippen molar-refractivity contribution in [1.29, 1.82) is 0 Å². The van der Waals surface area contributed by atoms with Gasteiger partial charge in [0.1, 0.15) is 9.88 Å². The van der Waals surface area contributed by atoms with Gasteiger partial charge in [-0.2, -0.15) is 4.31 Å². The molecular formula is C23H28N2O7S2. The maximum atomic E-state index is 12.9. The molecule has 9 nitrogen and oxygen atoms in total. The van der Waals surface area contributed by atoms with Crippen LogP contribution in [0, 0.1) is 6.92 Å². The van der Waals surface area contributed by atoms with Crippen LogP contribution in [0.4, 0.5) is 5.00 Å². The second-order valence-electron chi connectivity index (χ2n) is 7.64. The Kier molecular flexibility index (Phi) is 8.45. The van der Waals surface area contributed by atoms with E-state index in [4.69, 9.17) is 9.47 Å². The zero-order valence-corrected chi connectivity index (χ0v) is 21.0. The van der Waals surface area contributed by atoms with E-state index in [1.807, 2.05) is 0 Å². The van der Waals surface area contributed by atoms with Crippen LogP contribution in [-0.2, 0) is 19.5 Å². The second kappa shape index (κ2) is 11.1. The van der Waals surface area contributed by atoms with Gasteiger partial charge in [0.2, 0.25) is 10.0 Å². The van der Waals surface area contributed by atoms with Gasteiger partial charge in [0.15, 0.2) is 0 Å². The molecule has 1 aliphatic heterocycles. The first-order valence-corrected chi connectivity index (χ1v) is 13.4. The summed E-state index contributed by atoms with van der Waals surface area (Å²) in [7, 11) is -3.61. The smallest absolute Gasteiger partial charge is 0.348 e. The number of carbonyl (C=O) groups is 3. The highest BCUT2D eigenvalue weighted by atomic mass is 32.2. The quantitative estimate of drug-likeness (QED) is 0.538.